The number of likely N-dealkylation sites (tertiary alicyclic amines) is 1. The molecule has 146 valence electrons. The first kappa shape index (κ1) is 21.1. The zero-order chi connectivity index (χ0) is 18.9. The summed E-state index contributed by atoms with van der Waals surface area (Å²) in [5.74, 6) is -0.208. The molecule has 2 heterocycles. The zero-order valence-electron chi connectivity index (χ0n) is 15.0. The van der Waals surface area contributed by atoms with Crippen LogP contribution in [0.4, 0.5) is 5.69 Å². The van der Waals surface area contributed by atoms with Crippen LogP contribution in [0.15, 0.2) is 34.6 Å². The van der Waals surface area contributed by atoms with E-state index in [9.17, 15) is 14.9 Å². The second-order valence-corrected chi connectivity index (χ2v) is 7.77. The van der Waals surface area contributed by atoms with Gasteiger partial charge in [-0.3, -0.25) is 14.9 Å². The average molecular weight is 413 g/mol. The van der Waals surface area contributed by atoms with E-state index in [1.807, 2.05) is 6.92 Å². The Morgan fingerprint density at radius 1 is 1.48 bits per heavy atom. The number of hydrogen-bond acceptors (Lipinski definition) is 7. The number of benzene rings is 1. The molecule has 2 N–H and O–H groups in total. The van der Waals surface area contributed by atoms with Gasteiger partial charge in [0.2, 0.25) is 0 Å². The average Bonchev–Trinajstić information content (AvgIpc) is 3.21. The van der Waals surface area contributed by atoms with Crippen molar-refractivity contribution in [2.24, 2.45) is 18.2 Å². The summed E-state index contributed by atoms with van der Waals surface area (Å²) in [5, 5.41) is 19.7. The van der Waals surface area contributed by atoms with Crippen molar-refractivity contribution < 1.29 is 9.72 Å². The number of amides is 1. The Bertz CT molecular complexity index is 860. The molecular weight excluding hydrogens is 392 g/mol. The highest BCUT2D eigenvalue weighted by molar-refractivity contribution is 7.99. The van der Waals surface area contributed by atoms with Crippen molar-refractivity contribution in [2.75, 3.05) is 19.6 Å². The number of carbonyl (C=O) groups is 1. The summed E-state index contributed by atoms with van der Waals surface area (Å²) in [6.07, 6.45) is 2.35. The first-order valence-electron chi connectivity index (χ1n) is 8.12. The number of nitrogens with two attached hydrogens (primary N) is 1. The van der Waals surface area contributed by atoms with Crippen molar-refractivity contribution in [3.8, 4) is 0 Å². The van der Waals surface area contributed by atoms with Crippen molar-refractivity contribution in [2.45, 2.75) is 23.4 Å². The second-order valence-electron chi connectivity index (χ2n) is 6.76. The summed E-state index contributed by atoms with van der Waals surface area (Å²) in [4.78, 5) is 25.9. The molecule has 1 amide bonds. The summed E-state index contributed by atoms with van der Waals surface area (Å²) in [6, 6.07) is 4.54. The number of carbonyl (C=O) groups excluding carboxylic acids is 1. The summed E-state index contributed by atoms with van der Waals surface area (Å²) < 4.78 is 1.67. The minimum Gasteiger partial charge on any atom is -0.338 e. The fraction of sp³-hybridized carbons (Fsp3) is 0.438. The number of hydrogen-bond donors (Lipinski definition) is 1. The number of nitro groups is 1. The van der Waals surface area contributed by atoms with Gasteiger partial charge in [-0.15, -0.1) is 22.6 Å². The first-order chi connectivity index (χ1) is 12.3. The third-order valence-corrected chi connectivity index (χ3v) is 5.73. The summed E-state index contributed by atoms with van der Waals surface area (Å²) >= 11 is 1.14. The number of nitrogens with zero attached hydrogens (tertiary/aromatic N) is 5. The van der Waals surface area contributed by atoms with Crippen LogP contribution in [0.25, 0.3) is 0 Å². The van der Waals surface area contributed by atoms with Crippen molar-refractivity contribution in [1.82, 2.24) is 19.7 Å². The maximum Gasteiger partial charge on any atom is 0.284 e. The van der Waals surface area contributed by atoms with Gasteiger partial charge in [-0.2, -0.15) is 0 Å². The Morgan fingerprint density at radius 3 is 2.78 bits per heavy atom. The topological polar surface area (TPSA) is 120 Å². The molecule has 1 aliphatic rings. The van der Waals surface area contributed by atoms with Crippen LogP contribution in [-0.4, -0.2) is 50.1 Å². The van der Waals surface area contributed by atoms with Crippen LogP contribution in [0.2, 0.25) is 0 Å². The lowest BCUT2D eigenvalue weighted by Crippen LogP contribution is -2.34. The minimum absolute atomic E-state index is 0. The van der Waals surface area contributed by atoms with Crippen molar-refractivity contribution in [3.63, 3.8) is 0 Å². The van der Waals surface area contributed by atoms with E-state index < -0.39 is 4.92 Å². The SMILES string of the molecule is Cl.Cn1cnnc1Sc1ccc(C(=O)N2CCC(C)(CN)C2)cc1[N+](=O)[O-]. The van der Waals surface area contributed by atoms with Gasteiger partial charge in [-0.05, 0) is 42.3 Å². The van der Waals surface area contributed by atoms with Gasteiger partial charge in [0.05, 0.1) is 9.82 Å². The molecule has 1 saturated heterocycles. The van der Waals surface area contributed by atoms with E-state index in [0.29, 0.717) is 35.2 Å². The van der Waals surface area contributed by atoms with Crippen LogP contribution in [-0.2, 0) is 7.05 Å². The first-order valence-corrected chi connectivity index (χ1v) is 8.94. The fourth-order valence-corrected chi connectivity index (χ4v) is 3.74. The third-order valence-electron chi connectivity index (χ3n) is 4.61. The van der Waals surface area contributed by atoms with Crippen LogP contribution in [0, 0.1) is 15.5 Å². The van der Waals surface area contributed by atoms with Gasteiger partial charge in [0.15, 0.2) is 5.16 Å². The molecule has 1 aromatic carbocycles. The highest BCUT2D eigenvalue weighted by Gasteiger charge is 2.35. The molecule has 1 aliphatic heterocycles. The Balaban J connectivity index is 0.00000261. The molecule has 11 heteroatoms. The van der Waals surface area contributed by atoms with Gasteiger partial charge < -0.3 is 15.2 Å². The number of aromatic nitrogens is 3. The summed E-state index contributed by atoms with van der Waals surface area (Å²) in [6.45, 7) is 3.72. The van der Waals surface area contributed by atoms with Crippen molar-refractivity contribution in [3.05, 3.63) is 40.2 Å². The van der Waals surface area contributed by atoms with Gasteiger partial charge in [0.25, 0.3) is 11.6 Å². The Morgan fingerprint density at radius 2 is 2.22 bits per heavy atom. The number of halogens is 1. The molecule has 3 rings (SSSR count). The van der Waals surface area contributed by atoms with Crippen LogP contribution in [0.3, 0.4) is 0 Å². The van der Waals surface area contributed by atoms with Crippen LogP contribution in [0.5, 0.6) is 0 Å². The maximum absolute atomic E-state index is 12.7. The molecule has 27 heavy (non-hydrogen) atoms. The predicted molar refractivity (Wildman–Crippen MR) is 103 cm³/mol. The Kier molecular flexibility index (Phi) is 6.45. The molecule has 1 unspecified atom stereocenters. The molecule has 9 nitrogen and oxygen atoms in total. The smallest absolute Gasteiger partial charge is 0.284 e. The van der Waals surface area contributed by atoms with Gasteiger partial charge in [-0.1, -0.05) is 6.92 Å². The van der Waals surface area contributed by atoms with Gasteiger partial charge >= 0.3 is 0 Å². The molecule has 1 fully saturated rings. The van der Waals surface area contributed by atoms with Crippen LogP contribution < -0.4 is 5.73 Å². The lowest BCUT2D eigenvalue weighted by molar-refractivity contribution is -0.387. The molecule has 1 aromatic heterocycles. The normalized spacial score (nSPS) is 19.0. The van der Waals surface area contributed by atoms with Gasteiger partial charge in [0, 0.05) is 31.8 Å². The van der Waals surface area contributed by atoms with E-state index in [2.05, 4.69) is 10.2 Å². The zero-order valence-corrected chi connectivity index (χ0v) is 16.6. The number of rotatable bonds is 5. The molecule has 0 spiro atoms. The molecule has 0 radical (unpaired) electrons. The van der Waals surface area contributed by atoms with Crippen LogP contribution in [0.1, 0.15) is 23.7 Å². The Hall–Kier alpha value is -2.17. The number of nitro benzene ring substituents is 1. The van der Waals surface area contributed by atoms with E-state index in [-0.39, 0.29) is 29.4 Å². The molecule has 0 aliphatic carbocycles. The quantitative estimate of drug-likeness (QED) is 0.589. The van der Waals surface area contributed by atoms with Crippen LogP contribution >= 0.6 is 24.2 Å². The van der Waals surface area contributed by atoms with E-state index in [1.54, 1.807) is 28.6 Å². The van der Waals surface area contributed by atoms with E-state index in [1.165, 1.54) is 12.4 Å². The molecule has 0 bridgehead atoms. The predicted octanol–water partition coefficient (Wildman–Crippen LogP) is 2.11. The van der Waals surface area contributed by atoms with E-state index in [0.717, 1.165) is 18.2 Å². The summed E-state index contributed by atoms with van der Waals surface area (Å²) in [7, 11) is 1.76. The molecular formula is C16H21ClN6O3S. The maximum atomic E-state index is 12.7. The lowest BCUT2D eigenvalue weighted by atomic mass is 9.90. The third kappa shape index (κ3) is 4.40. The van der Waals surface area contributed by atoms with Gasteiger partial charge in [-0.25, -0.2) is 0 Å². The Labute approximate surface area is 166 Å². The monoisotopic (exact) mass is 412 g/mol. The number of aryl methyl sites for hydroxylation is 1. The fourth-order valence-electron chi connectivity index (χ4n) is 2.89. The molecule has 1 atom stereocenters. The highest BCUT2D eigenvalue weighted by atomic mass is 35.5. The molecule has 2 aromatic rings. The largest absolute Gasteiger partial charge is 0.338 e. The van der Waals surface area contributed by atoms with Gasteiger partial charge in [0.1, 0.15) is 6.33 Å². The summed E-state index contributed by atoms with van der Waals surface area (Å²) in [5.41, 5.74) is 5.88. The standard InChI is InChI=1S/C16H20N6O3S.ClH/c1-16(8-17)5-6-21(9-16)14(23)11-3-4-13(12(7-11)22(24)25)26-15-19-18-10-20(15)2;/h3-4,7,10H,5-6,8-9,17H2,1-2H3;1H. The van der Waals surface area contributed by atoms with E-state index in [4.69, 9.17) is 5.73 Å². The second kappa shape index (κ2) is 8.24. The lowest BCUT2D eigenvalue weighted by Gasteiger charge is -2.22. The minimum atomic E-state index is -0.483. The van der Waals surface area contributed by atoms with E-state index >= 15 is 0 Å². The van der Waals surface area contributed by atoms with Crippen molar-refractivity contribution >= 4 is 35.8 Å². The highest BCUT2D eigenvalue weighted by Crippen LogP contribution is 2.35. The van der Waals surface area contributed by atoms with Crippen molar-refractivity contribution in [1.29, 1.82) is 0 Å². The molecule has 0 saturated carbocycles.